The molecule has 5 heteroatoms. The fourth-order valence-electron chi connectivity index (χ4n) is 2.21. The number of amides is 1. The van der Waals surface area contributed by atoms with Gasteiger partial charge in [-0.2, -0.15) is 0 Å². The van der Waals surface area contributed by atoms with Crippen molar-refractivity contribution in [2.45, 2.75) is 38.8 Å². The first-order valence-electron chi connectivity index (χ1n) is 7.24. The highest BCUT2D eigenvalue weighted by molar-refractivity contribution is 5.76. The Bertz CT molecular complexity index is 621. The Hall–Kier alpha value is -2.14. The van der Waals surface area contributed by atoms with Crippen LogP contribution in [0.2, 0.25) is 0 Å². The summed E-state index contributed by atoms with van der Waals surface area (Å²) in [5.74, 6) is 1.05. The minimum Gasteiger partial charge on any atom is -0.466 e. The van der Waals surface area contributed by atoms with Crippen molar-refractivity contribution < 1.29 is 18.7 Å². The average molecular weight is 305 g/mol. The van der Waals surface area contributed by atoms with Gasteiger partial charge < -0.3 is 14.8 Å². The zero-order chi connectivity index (χ0) is 16.1. The van der Waals surface area contributed by atoms with Crippen LogP contribution in [0.1, 0.15) is 36.5 Å². The van der Waals surface area contributed by atoms with Crippen LogP contribution in [0.25, 0.3) is 0 Å². The van der Waals surface area contributed by atoms with Crippen molar-refractivity contribution in [2.75, 3.05) is 0 Å². The Labute approximate surface area is 129 Å². The second kappa shape index (κ2) is 7.22. The number of carbonyl (C=O) groups excluding carboxylic acids is 1. The normalized spacial score (nSPS) is 13.6. The number of hydrogen-bond donors (Lipinski definition) is 2. The SMILES string of the molecule is Cc1ccc(CCC(=O)N[C@H](C)[C@@H](O)c2ccc(F)cc2)o1. The average Bonchev–Trinajstić information content (AvgIpc) is 2.91. The van der Waals surface area contributed by atoms with E-state index in [-0.39, 0.29) is 18.1 Å². The third-order valence-corrected chi connectivity index (χ3v) is 3.47. The van der Waals surface area contributed by atoms with Gasteiger partial charge in [0.05, 0.1) is 12.1 Å². The summed E-state index contributed by atoms with van der Waals surface area (Å²) in [6.45, 7) is 3.56. The van der Waals surface area contributed by atoms with E-state index in [1.807, 2.05) is 19.1 Å². The van der Waals surface area contributed by atoms with Crippen molar-refractivity contribution in [1.29, 1.82) is 0 Å². The van der Waals surface area contributed by atoms with Crippen LogP contribution in [-0.4, -0.2) is 17.1 Å². The first-order chi connectivity index (χ1) is 10.5. The highest BCUT2D eigenvalue weighted by Crippen LogP contribution is 2.17. The van der Waals surface area contributed by atoms with Crippen LogP contribution >= 0.6 is 0 Å². The van der Waals surface area contributed by atoms with Crippen molar-refractivity contribution in [3.8, 4) is 0 Å². The topological polar surface area (TPSA) is 62.5 Å². The van der Waals surface area contributed by atoms with E-state index in [9.17, 15) is 14.3 Å². The maximum Gasteiger partial charge on any atom is 0.220 e. The van der Waals surface area contributed by atoms with Gasteiger partial charge in [-0.25, -0.2) is 4.39 Å². The summed E-state index contributed by atoms with van der Waals surface area (Å²) >= 11 is 0. The molecule has 0 bridgehead atoms. The van der Waals surface area contributed by atoms with Crippen molar-refractivity contribution in [2.24, 2.45) is 0 Å². The first-order valence-corrected chi connectivity index (χ1v) is 7.24. The van der Waals surface area contributed by atoms with Gasteiger partial charge in [-0.05, 0) is 43.7 Å². The molecule has 2 atom stereocenters. The number of nitrogens with one attached hydrogen (secondary N) is 1. The standard InChI is InChI=1S/C17H20FNO3/c1-11-3-8-15(22-11)9-10-16(20)19-12(2)17(21)13-4-6-14(18)7-5-13/h3-8,12,17,21H,9-10H2,1-2H3,(H,19,20)/t12-,17-/m1/s1. The maximum absolute atomic E-state index is 12.9. The van der Waals surface area contributed by atoms with Gasteiger partial charge in [-0.15, -0.1) is 0 Å². The lowest BCUT2D eigenvalue weighted by atomic mass is 10.0. The van der Waals surface area contributed by atoms with Crippen LogP contribution in [0, 0.1) is 12.7 Å². The van der Waals surface area contributed by atoms with E-state index in [1.54, 1.807) is 6.92 Å². The monoisotopic (exact) mass is 305 g/mol. The van der Waals surface area contributed by atoms with E-state index in [2.05, 4.69) is 5.32 Å². The molecule has 1 aromatic heterocycles. The quantitative estimate of drug-likeness (QED) is 0.862. The highest BCUT2D eigenvalue weighted by Gasteiger charge is 2.18. The number of aliphatic hydroxyl groups is 1. The summed E-state index contributed by atoms with van der Waals surface area (Å²) in [5, 5.41) is 12.9. The van der Waals surface area contributed by atoms with Crippen LogP contribution < -0.4 is 5.32 Å². The molecule has 118 valence electrons. The molecule has 0 aliphatic rings. The first kappa shape index (κ1) is 16.2. The van der Waals surface area contributed by atoms with E-state index in [0.29, 0.717) is 12.0 Å². The van der Waals surface area contributed by atoms with Gasteiger partial charge in [-0.3, -0.25) is 4.79 Å². The molecule has 1 heterocycles. The second-order valence-corrected chi connectivity index (χ2v) is 5.36. The molecule has 2 N–H and O–H groups in total. The van der Waals surface area contributed by atoms with E-state index >= 15 is 0 Å². The number of rotatable bonds is 6. The van der Waals surface area contributed by atoms with Gasteiger partial charge in [0, 0.05) is 12.8 Å². The molecule has 2 rings (SSSR count). The number of aryl methyl sites for hydroxylation is 2. The van der Waals surface area contributed by atoms with Crippen molar-refractivity contribution in [3.05, 3.63) is 59.3 Å². The number of furan rings is 1. The van der Waals surface area contributed by atoms with Crippen LogP contribution in [0.5, 0.6) is 0 Å². The summed E-state index contributed by atoms with van der Waals surface area (Å²) < 4.78 is 18.3. The number of benzene rings is 1. The maximum atomic E-state index is 12.9. The molecule has 2 aromatic rings. The lowest BCUT2D eigenvalue weighted by molar-refractivity contribution is -0.122. The zero-order valence-electron chi connectivity index (χ0n) is 12.7. The molecule has 22 heavy (non-hydrogen) atoms. The third kappa shape index (κ3) is 4.43. The fourth-order valence-corrected chi connectivity index (χ4v) is 2.21. The van der Waals surface area contributed by atoms with E-state index in [4.69, 9.17) is 4.42 Å². The third-order valence-electron chi connectivity index (χ3n) is 3.47. The predicted octanol–water partition coefficient (Wildman–Crippen LogP) is 2.90. The molecule has 0 spiro atoms. The molecule has 0 aliphatic heterocycles. The minimum atomic E-state index is -0.879. The molecule has 0 radical (unpaired) electrons. The summed E-state index contributed by atoms with van der Waals surface area (Å²) in [4.78, 5) is 11.9. The summed E-state index contributed by atoms with van der Waals surface area (Å²) in [5.41, 5.74) is 0.566. The Morgan fingerprint density at radius 1 is 1.27 bits per heavy atom. The largest absolute Gasteiger partial charge is 0.466 e. The molecule has 4 nitrogen and oxygen atoms in total. The van der Waals surface area contributed by atoms with E-state index < -0.39 is 12.1 Å². The number of carbonyl (C=O) groups is 1. The van der Waals surface area contributed by atoms with E-state index in [0.717, 1.165) is 11.5 Å². The molecule has 0 saturated heterocycles. The van der Waals surface area contributed by atoms with Gasteiger partial charge in [0.15, 0.2) is 0 Å². The summed E-state index contributed by atoms with van der Waals surface area (Å²) in [7, 11) is 0. The smallest absolute Gasteiger partial charge is 0.220 e. The lowest BCUT2D eigenvalue weighted by Gasteiger charge is -2.20. The van der Waals surface area contributed by atoms with Crippen LogP contribution in [0.3, 0.4) is 0 Å². The predicted molar refractivity (Wildman–Crippen MR) is 80.7 cm³/mol. The van der Waals surface area contributed by atoms with Crippen molar-refractivity contribution >= 4 is 5.91 Å². The zero-order valence-corrected chi connectivity index (χ0v) is 12.7. The van der Waals surface area contributed by atoms with Crippen LogP contribution in [0.4, 0.5) is 4.39 Å². The number of aliphatic hydroxyl groups excluding tert-OH is 1. The molecule has 0 aliphatic carbocycles. The van der Waals surface area contributed by atoms with Gasteiger partial charge in [0.25, 0.3) is 0 Å². The Kier molecular flexibility index (Phi) is 5.33. The highest BCUT2D eigenvalue weighted by atomic mass is 19.1. The molecule has 0 unspecified atom stereocenters. The number of hydrogen-bond acceptors (Lipinski definition) is 3. The van der Waals surface area contributed by atoms with Crippen molar-refractivity contribution in [1.82, 2.24) is 5.32 Å². The van der Waals surface area contributed by atoms with Crippen LogP contribution in [-0.2, 0) is 11.2 Å². The number of halogens is 1. The second-order valence-electron chi connectivity index (χ2n) is 5.36. The summed E-state index contributed by atoms with van der Waals surface area (Å²) in [6, 6.07) is 8.82. The molecular weight excluding hydrogens is 285 g/mol. The lowest BCUT2D eigenvalue weighted by Crippen LogP contribution is -2.37. The molecule has 1 amide bonds. The van der Waals surface area contributed by atoms with Gasteiger partial charge >= 0.3 is 0 Å². The molecule has 0 saturated carbocycles. The van der Waals surface area contributed by atoms with Gasteiger partial charge in [0.1, 0.15) is 17.3 Å². The summed E-state index contributed by atoms with van der Waals surface area (Å²) in [6.07, 6.45) is -0.0812. The Balaban J connectivity index is 1.83. The van der Waals surface area contributed by atoms with Gasteiger partial charge in [0.2, 0.25) is 5.91 Å². The molecule has 1 aromatic carbocycles. The Morgan fingerprint density at radius 2 is 1.95 bits per heavy atom. The van der Waals surface area contributed by atoms with Crippen LogP contribution in [0.15, 0.2) is 40.8 Å². The molecule has 0 fully saturated rings. The van der Waals surface area contributed by atoms with E-state index in [1.165, 1.54) is 24.3 Å². The molecular formula is C17H20FNO3. The fraction of sp³-hybridized carbons (Fsp3) is 0.353. The van der Waals surface area contributed by atoms with Gasteiger partial charge in [-0.1, -0.05) is 12.1 Å². The Morgan fingerprint density at radius 3 is 2.55 bits per heavy atom. The van der Waals surface area contributed by atoms with Crippen molar-refractivity contribution in [3.63, 3.8) is 0 Å². The minimum absolute atomic E-state index is 0.164.